The van der Waals surface area contributed by atoms with E-state index in [2.05, 4.69) is 60.4 Å². The van der Waals surface area contributed by atoms with Gasteiger partial charge in [-0.1, -0.05) is 66.7 Å². The molecular formula is C22H20N2O. The summed E-state index contributed by atoms with van der Waals surface area (Å²) in [6.45, 7) is 2.15. The van der Waals surface area contributed by atoms with Crippen LogP contribution < -0.4 is 4.90 Å². The Hall–Kier alpha value is -3.07. The monoisotopic (exact) mass is 328 g/mol. The Morgan fingerprint density at radius 1 is 0.840 bits per heavy atom. The molecule has 1 heterocycles. The van der Waals surface area contributed by atoms with Crippen molar-refractivity contribution in [1.29, 1.82) is 0 Å². The van der Waals surface area contributed by atoms with Gasteiger partial charge in [-0.25, -0.2) is 0 Å². The van der Waals surface area contributed by atoms with E-state index in [4.69, 9.17) is 9.40 Å². The molecule has 0 saturated heterocycles. The van der Waals surface area contributed by atoms with Gasteiger partial charge in [-0.05, 0) is 35.7 Å². The summed E-state index contributed by atoms with van der Waals surface area (Å²) in [4.78, 5) is 6.77. The molecule has 124 valence electrons. The molecule has 3 aromatic carbocycles. The predicted molar refractivity (Wildman–Crippen MR) is 103 cm³/mol. The first-order valence-electron chi connectivity index (χ1n) is 8.46. The lowest BCUT2D eigenvalue weighted by atomic mass is 10.1. The topological polar surface area (TPSA) is 29.3 Å². The van der Waals surface area contributed by atoms with Crippen LogP contribution in [-0.4, -0.2) is 12.0 Å². The van der Waals surface area contributed by atoms with Crippen LogP contribution in [0.5, 0.6) is 0 Å². The normalized spacial score (nSPS) is 12.2. The summed E-state index contributed by atoms with van der Waals surface area (Å²) < 4.78 is 5.98. The van der Waals surface area contributed by atoms with Crippen LogP contribution in [0.3, 0.4) is 0 Å². The molecule has 3 heteroatoms. The van der Waals surface area contributed by atoms with E-state index >= 15 is 0 Å². The zero-order valence-corrected chi connectivity index (χ0v) is 14.4. The van der Waals surface area contributed by atoms with Gasteiger partial charge in [0.2, 0.25) is 0 Å². The highest BCUT2D eigenvalue weighted by Gasteiger charge is 2.17. The van der Waals surface area contributed by atoms with E-state index in [-0.39, 0.29) is 6.04 Å². The standard InChI is InChI=1S/C22H20N2O/c1-16(17-9-5-3-6-10-17)24(2)22-23-20-15-19(13-14-21(20)25-22)18-11-7-4-8-12-18/h3-16H,1-2H3/t16-/m1/s1. The van der Waals surface area contributed by atoms with E-state index in [0.29, 0.717) is 6.01 Å². The van der Waals surface area contributed by atoms with E-state index < -0.39 is 0 Å². The van der Waals surface area contributed by atoms with Gasteiger partial charge in [0.1, 0.15) is 5.52 Å². The first kappa shape index (κ1) is 15.5. The summed E-state index contributed by atoms with van der Waals surface area (Å²) in [6.07, 6.45) is 0. The molecule has 0 amide bonds. The molecule has 0 aliphatic carbocycles. The summed E-state index contributed by atoms with van der Waals surface area (Å²) in [5.74, 6) is 0. The van der Waals surface area contributed by atoms with Gasteiger partial charge in [-0.2, -0.15) is 4.98 Å². The number of anilines is 1. The zero-order valence-electron chi connectivity index (χ0n) is 14.4. The Morgan fingerprint density at radius 2 is 1.52 bits per heavy atom. The second-order valence-electron chi connectivity index (χ2n) is 6.24. The average Bonchev–Trinajstić information content (AvgIpc) is 3.11. The van der Waals surface area contributed by atoms with Gasteiger partial charge in [0.15, 0.2) is 5.58 Å². The molecule has 1 atom stereocenters. The number of fused-ring (bicyclic) bond motifs is 1. The minimum absolute atomic E-state index is 0.183. The molecule has 3 nitrogen and oxygen atoms in total. The molecule has 25 heavy (non-hydrogen) atoms. The summed E-state index contributed by atoms with van der Waals surface area (Å²) in [6, 6.07) is 27.7. The third-order valence-electron chi connectivity index (χ3n) is 4.65. The highest BCUT2D eigenvalue weighted by molar-refractivity contribution is 5.81. The van der Waals surface area contributed by atoms with Crippen LogP contribution >= 0.6 is 0 Å². The lowest BCUT2D eigenvalue weighted by Gasteiger charge is -2.23. The predicted octanol–water partition coefficient (Wildman–Crippen LogP) is 5.69. The molecular weight excluding hydrogens is 308 g/mol. The Bertz CT molecular complexity index is 977. The van der Waals surface area contributed by atoms with Crippen LogP contribution in [0.25, 0.3) is 22.2 Å². The molecule has 0 aliphatic heterocycles. The Morgan fingerprint density at radius 3 is 2.24 bits per heavy atom. The number of rotatable bonds is 4. The molecule has 0 N–H and O–H groups in total. The van der Waals surface area contributed by atoms with E-state index in [1.54, 1.807) is 0 Å². The number of hydrogen-bond acceptors (Lipinski definition) is 3. The maximum Gasteiger partial charge on any atom is 0.298 e. The first-order chi connectivity index (χ1) is 12.2. The van der Waals surface area contributed by atoms with Crippen molar-refractivity contribution in [2.75, 3.05) is 11.9 Å². The molecule has 0 spiro atoms. The smallest absolute Gasteiger partial charge is 0.298 e. The fraction of sp³-hybridized carbons (Fsp3) is 0.136. The van der Waals surface area contributed by atoms with Gasteiger partial charge < -0.3 is 9.32 Å². The summed E-state index contributed by atoms with van der Waals surface area (Å²) >= 11 is 0. The third kappa shape index (κ3) is 3.01. The molecule has 4 rings (SSSR count). The van der Waals surface area contributed by atoms with Crippen molar-refractivity contribution in [1.82, 2.24) is 4.98 Å². The van der Waals surface area contributed by atoms with Crippen molar-refractivity contribution in [2.24, 2.45) is 0 Å². The lowest BCUT2D eigenvalue weighted by Crippen LogP contribution is -2.21. The Labute approximate surface area is 147 Å². The minimum Gasteiger partial charge on any atom is -0.423 e. The number of nitrogens with zero attached hydrogens (tertiary/aromatic N) is 2. The Kier molecular flexibility index (Phi) is 3.98. The van der Waals surface area contributed by atoms with Crippen LogP contribution in [-0.2, 0) is 0 Å². The molecule has 0 bridgehead atoms. The molecule has 0 saturated carbocycles. The van der Waals surface area contributed by atoms with Crippen LogP contribution in [0.1, 0.15) is 18.5 Å². The minimum atomic E-state index is 0.183. The maximum atomic E-state index is 5.98. The highest BCUT2D eigenvalue weighted by atomic mass is 16.4. The van der Waals surface area contributed by atoms with Gasteiger partial charge in [0.05, 0.1) is 6.04 Å². The van der Waals surface area contributed by atoms with Gasteiger partial charge in [0.25, 0.3) is 6.01 Å². The van der Waals surface area contributed by atoms with Crippen molar-refractivity contribution in [3.63, 3.8) is 0 Å². The Balaban J connectivity index is 1.67. The van der Waals surface area contributed by atoms with Crippen LogP contribution in [0, 0.1) is 0 Å². The fourth-order valence-corrected chi connectivity index (χ4v) is 3.00. The molecule has 1 aromatic heterocycles. The highest BCUT2D eigenvalue weighted by Crippen LogP contribution is 2.30. The fourth-order valence-electron chi connectivity index (χ4n) is 3.00. The van der Waals surface area contributed by atoms with Crippen LogP contribution in [0.4, 0.5) is 6.01 Å². The average molecular weight is 328 g/mol. The lowest BCUT2D eigenvalue weighted by molar-refractivity contribution is 0.557. The van der Waals surface area contributed by atoms with Crippen LogP contribution in [0.2, 0.25) is 0 Å². The quantitative estimate of drug-likeness (QED) is 0.482. The van der Waals surface area contributed by atoms with Crippen molar-refractivity contribution < 1.29 is 4.42 Å². The third-order valence-corrected chi connectivity index (χ3v) is 4.65. The molecule has 0 aliphatic rings. The SMILES string of the molecule is C[C@H](c1ccccc1)N(C)c1nc2cc(-c3ccccc3)ccc2o1. The van der Waals surface area contributed by atoms with Gasteiger partial charge >= 0.3 is 0 Å². The summed E-state index contributed by atoms with van der Waals surface area (Å²) in [7, 11) is 2.01. The second kappa shape index (κ2) is 6.44. The van der Waals surface area contributed by atoms with Gasteiger partial charge in [-0.15, -0.1) is 0 Å². The number of hydrogen-bond donors (Lipinski definition) is 0. The molecule has 0 fully saturated rings. The van der Waals surface area contributed by atoms with Crippen molar-refractivity contribution in [3.8, 4) is 11.1 Å². The largest absolute Gasteiger partial charge is 0.423 e. The van der Waals surface area contributed by atoms with E-state index in [1.165, 1.54) is 11.1 Å². The van der Waals surface area contributed by atoms with E-state index in [9.17, 15) is 0 Å². The van der Waals surface area contributed by atoms with Crippen molar-refractivity contribution >= 4 is 17.1 Å². The summed E-state index contributed by atoms with van der Waals surface area (Å²) in [5, 5.41) is 0. The van der Waals surface area contributed by atoms with Gasteiger partial charge in [-0.3, -0.25) is 0 Å². The number of oxazole rings is 1. The van der Waals surface area contributed by atoms with E-state index in [1.807, 2.05) is 37.4 Å². The first-order valence-corrected chi connectivity index (χ1v) is 8.46. The molecule has 0 radical (unpaired) electrons. The van der Waals surface area contributed by atoms with Crippen LogP contribution in [0.15, 0.2) is 83.3 Å². The van der Waals surface area contributed by atoms with E-state index in [0.717, 1.165) is 16.7 Å². The van der Waals surface area contributed by atoms with Gasteiger partial charge in [0, 0.05) is 7.05 Å². The second-order valence-corrected chi connectivity index (χ2v) is 6.24. The maximum absolute atomic E-state index is 5.98. The molecule has 4 aromatic rings. The molecule has 0 unspecified atom stereocenters. The van der Waals surface area contributed by atoms with Crippen molar-refractivity contribution in [2.45, 2.75) is 13.0 Å². The van der Waals surface area contributed by atoms with Crippen molar-refractivity contribution in [3.05, 3.63) is 84.4 Å². The number of aromatic nitrogens is 1. The number of benzene rings is 3. The zero-order chi connectivity index (χ0) is 17.2. The summed E-state index contributed by atoms with van der Waals surface area (Å²) in [5.41, 5.74) is 5.24.